The van der Waals surface area contributed by atoms with Crippen molar-refractivity contribution in [1.82, 2.24) is 16.0 Å². The summed E-state index contributed by atoms with van der Waals surface area (Å²) in [6.07, 6.45) is 1.15. The van der Waals surface area contributed by atoms with Gasteiger partial charge in [0.05, 0.1) is 5.66 Å². The van der Waals surface area contributed by atoms with E-state index in [9.17, 15) is 0 Å². The van der Waals surface area contributed by atoms with E-state index in [1.165, 1.54) is 0 Å². The van der Waals surface area contributed by atoms with Crippen molar-refractivity contribution in [2.24, 2.45) is 11.7 Å². The molecule has 4 nitrogen and oxygen atoms in total. The zero-order valence-electron chi connectivity index (χ0n) is 8.22. The van der Waals surface area contributed by atoms with Gasteiger partial charge in [-0.3, -0.25) is 0 Å². The van der Waals surface area contributed by atoms with Crippen molar-refractivity contribution in [2.45, 2.75) is 32.9 Å². The molecule has 1 fully saturated rings. The van der Waals surface area contributed by atoms with Crippen molar-refractivity contribution in [1.29, 1.82) is 0 Å². The van der Waals surface area contributed by atoms with E-state index in [0.29, 0.717) is 5.92 Å². The van der Waals surface area contributed by atoms with Gasteiger partial charge in [0.15, 0.2) is 0 Å². The van der Waals surface area contributed by atoms with Gasteiger partial charge in [0, 0.05) is 13.1 Å². The molecule has 0 aromatic carbocycles. The van der Waals surface area contributed by atoms with Crippen LogP contribution in [0.1, 0.15) is 27.2 Å². The highest BCUT2D eigenvalue weighted by Gasteiger charge is 2.31. The Bertz CT molecular complexity index is 138. The van der Waals surface area contributed by atoms with Gasteiger partial charge in [-0.25, -0.2) is 10.4 Å². The van der Waals surface area contributed by atoms with Gasteiger partial charge < -0.3 is 5.73 Å². The summed E-state index contributed by atoms with van der Waals surface area (Å²) in [6, 6.07) is 0. The fraction of sp³-hybridized carbons (Fsp3) is 1.00. The Morgan fingerprint density at radius 1 is 1.50 bits per heavy atom. The largest absolute Gasteiger partial charge is 0.312 e. The fourth-order valence-corrected chi connectivity index (χ4v) is 1.21. The van der Waals surface area contributed by atoms with Crippen LogP contribution in [0.3, 0.4) is 0 Å². The Kier molecular flexibility index (Phi) is 3.06. The molecule has 0 radical (unpaired) electrons. The lowest BCUT2D eigenvalue weighted by Crippen LogP contribution is -2.67. The molecule has 1 saturated heterocycles. The molecule has 1 aliphatic heterocycles. The third kappa shape index (κ3) is 1.95. The second-order valence-corrected chi connectivity index (χ2v) is 3.92. The Labute approximate surface area is 74.4 Å². The molecule has 12 heavy (non-hydrogen) atoms. The van der Waals surface area contributed by atoms with Crippen molar-refractivity contribution in [3.05, 3.63) is 0 Å². The van der Waals surface area contributed by atoms with Gasteiger partial charge in [-0.05, 0) is 19.3 Å². The number of nitrogens with two attached hydrogens (primary N) is 1. The molecule has 72 valence electrons. The topological polar surface area (TPSA) is 53.3 Å². The van der Waals surface area contributed by atoms with Gasteiger partial charge >= 0.3 is 0 Å². The number of hydrazine groups is 2. The summed E-state index contributed by atoms with van der Waals surface area (Å²) < 4.78 is 0. The first-order valence-electron chi connectivity index (χ1n) is 4.60. The Morgan fingerprint density at radius 2 is 2.17 bits per heavy atom. The van der Waals surface area contributed by atoms with Gasteiger partial charge in [-0.1, -0.05) is 13.8 Å². The van der Waals surface area contributed by atoms with Crippen LogP contribution >= 0.6 is 0 Å². The molecule has 1 unspecified atom stereocenters. The lowest BCUT2D eigenvalue weighted by molar-refractivity contribution is -0.0202. The second-order valence-electron chi connectivity index (χ2n) is 3.92. The smallest absolute Gasteiger partial charge is 0.0828 e. The molecule has 0 aromatic rings. The van der Waals surface area contributed by atoms with E-state index in [2.05, 4.69) is 36.7 Å². The number of nitrogens with one attached hydrogen (secondary N) is 2. The molecule has 0 bridgehead atoms. The minimum Gasteiger partial charge on any atom is -0.312 e. The van der Waals surface area contributed by atoms with Gasteiger partial charge in [0.1, 0.15) is 0 Å². The van der Waals surface area contributed by atoms with Crippen LogP contribution in [0.2, 0.25) is 0 Å². The summed E-state index contributed by atoms with van der Waals surface area (Å²) in [5, 5.41) is 2.07. The lowest BCUT2D eigenvalue weighted by Gasteiger charge is -2.43. The highest BCUT2D eigenvalue weighted by molar-refractivity contribution is 4.81. The van der Waals surface area contributed by atoms with Crippen LogP contribution < -0.4 is 16.7 Å². The molecule has 0 spiro atoms. The second kappa shape index (κ2) is 3.70. The van der Waals surface area contributed by atoms with Crippen LogP contribution in [0.25, 0.3) is 0 Å². The average molecular weight is 172 g/mol. The quantitative estimate of drug-likeness (QED) is 0.550. The maximum atomic E-state index is 6.16. The van der Waals surface area contributed by atoms with E-state index in [-0.39, 0.29) is 5.66 Å². The van der Waals surface area contributed by atoms with Crippen molar-refractivity contribution in [2.75, 3.05) is 13.1 Å². The van der Waals surface area contributed by atoms with E-state index in [4.69, 9.17) is 5.73 Å². The molecule has 1 aliphatic rings. The van der Waals surface area contributed by atoms with Gasteiger partial charge in [-0.2, -0.15) is 5.53 Å². The van der Waals surface area contributed by atoms with Crippen LogP contribution in [-0.4, -0.2) is 23.8 Å². The summed E-state index contributed by atoms with van der Waals surface area (Å²) in [5.74, 6) is 0.435. The zero-order valence-corrected chi connectivity index (χ0v) is 8.22. The van der Waals surface area contributed by atoms with Crippen molar-refractivity contribution >= 4 is 0 Å². The summed E-state index contributed by atoms with van der Waals surface area (Å²) >= 11 is 0. The van der Waals surface area contributed by atoms with E-state index in [0.717, 1.165) is 19.5 Å². The van der Waals surface area contributed by atoms with E-state index in [1.807, 2.05) is 0 Å². The summed E-state index contributed by atoms with van der Waals surface area (Å²) in [4.78, 5) is 0. The van der Waals surface area contributed by atoms with Gasteiger partial charge in [-0.15, -0.1) is 0 Å². The molecule has 0 saturated carbocycles. The van der Waals surface area contributed by atoms with Gasteiger partial charge in [0.25, 0.3) is 0 Å². The molecule has 0 amide bonds. The zero-order chi connectivity index (χ0) is 9.19. The predicted molar refractivity (Wildman–Crippen MR) is 49.9 cm³/mol. The van der Waals surface area contributed by atoms with Gasteiger partial charge in [0.2, 0.25) is 0 Å². The number of hydrogen-bond acceptors (Lipinski definition) is 4. The summed E-state index contributed by atoms with van der Waals surface area (Å²) in [6.45, 7) is 8.35. The molecule has 0 aliphatic carbocycles. The molecule has 4 N–H and O–H groups in total. The first-order chi connectivity index (χ1) is 5.55. The molecule has 0 aromatic heterocycles. The van der Waals surface area contributed by atoms with E-state index in [1.54, 1.807) is 0 Å². The minimum atomic E-state index is -0.270. The van der Waals surface area contributed by atoms with E-state index < -0.39 is 0 Å². The first-order valence-corrected chi connectivity index (χ1v) is 4.60. The van der Waals surface area contributed by atoms with Crippen LogP contribution in [0.4, 0.5) is 0 Å². The summed E-state index contributed by atoms with van der Waals surface area (Å²) in [7, 11) is 0. The maximum Gasteiger partial charge on any atom is 0.0828 e. The molecule has 1 atom stereocenters. The Balaban J connectivity index is 2.53. The van der Waals surface area contributed by atoms with Crippen molar-refractivity contribution in [3.63, 3.8) is 0 Å². The average Bonchev–Trinajstić information content (AvgIpc) is 2.06. The van der Waals surface area contributed by atoms with E-state index >= 15 is 0 Å². The maximum absolute atomic E-state index is 6.16. The van der Waals surface area contributed by atoms with Crippen LogP contribution in [0.5, 0.6) is 0 Å². The van der Waals surface area contributed by atoms with Crippen LogP contribution in [0, 0.1) is 5.92 Å². The minimum absolute atomic E-state index is 0.270. The monoisotopic (exact) mass is 172 g/mol. The third-order valence-corrected chi connectivity index (χ3v) is 2.65. The number of nitrogens with zero attached hydrogens (tertiary/aromatic N) is 1. The number of hydrogen-bond donors (Lipinski definition) is 3. The molecule has 1 rings (SSSR count). The Morgan fingerprint density at radius 3 is 2.58 bits per heavy atom. The molecule has 1 heterocycles. The molecule has 4 heteroatoms. The number of rotatable bonds is 2. The Hall–Kier alpha value is -0.160. The first kappa shape index (κ1) is 9.92. The highest BCUT2D eigenvalue weighted by atomic mass is 15.7. The highest BCUT2D eigenvalue weighted by Crippen LogP contribution is 2.17. The fourth-order valence-electron chi connectivity index (χ4n) is 1.21. The van der Waals surface area contributed by atoms with Crippen molar-refractivity contribution < 1.29 is 0 Å². The normalized spacial score (nSPS) is 25.8. The van der Waals surface area contributed by atoms with Crippen LogP contribution in [0.15, 0.2) is 0 Å². The SMILES string of the molecule is CC(C)C(C)(N)N1CCCNN1. The standard InChI is InChI=1S/C8H20N4/c1-7(2)8(3,9)12-6-4-5-10-11-12/h7,10-11H,4-6,9H2,1-3H3. The molecular formula is C8H20N4. The molecular weight excluding hydrogens is 152 g/mol. The third-order valence-electron chi connectivity index (χ3n) is 2.65. The van der Waals surface area contributed by atoms with Crippen LogP contribution in [-0.2, 0) is 0 Å². The van der Waals surface area contributed by atoms with Crippen molar-refractivity contribution in [3.8, 4) is 0 Å². The summed E-state index contributed by atoms with van der Waals surface area (Å²) in [5.41, 5.74) is 12.1. The predicted octanol–water partition coefficient (Wildman–Crippen LogP) is 0.0322. The lowest BCUT2D eigenvalue weighted by atomic mass is 9.98.